The molecule has 1 aromatic carbocycles. The number of H-pyrrole nitrogens is 1. The predicted molar refractivity (Wildman–Crippen MR) is 91.9 cm³/mol. The summed E-state index contributed by atoms with van der Waals surface area (Å²) in [7, 11) is 0. The lowest BCUT2D eigenvalue weighted by Crippen LogP contribution is -2.52. The van der Waals surface area contributed by atoms with Crippen molar-refractivity contribution >= 4 is 11.0 Å². The first-order valence-corrected chi connectivity index (χ1v) is 9.69. The minimum Gasteiger partial charge on any atom is -0.386 e. The highest BCUT2D eigenvalue weighted by Gasteiger charge is 2.77. The van der Waals surface area contributed by atoms with E-state index in [1.807, 2.05) is 0 Å². The molecule has 25 heavy (non-hydrogen) atoms. The van der Waals surface area contributed by atoms with Gasteiger partial charge in [-0.2, -0.15) is 15.4 Å². The maximum absolute atomic E-state index is 14.9. The van der Waals surface area contributed by atoms with Crippen molar-refractivity contribution in [3.8, 4) is 0 Å². The molecule has 0 amide bonds. The lowest BCUT2D eigenvalue weighted by Gasteiger charge is -2.56. The first-order chi connectivity index (χ1) is 12.0. The number of aromatic amines is 1. The van der Waals surface area contributed by atoms with Crippen LogP contribution in [-0.4, -0.2) is 32.3 Å². The van der Waals surface area contributed by atoms with Gasteiger partial charge in [0.25, 0.3) is 0 Å². The molecular formula is C20H24FN3O. The molecule has 4 nitrogen and oxygen atoms in total. The first-order valence-electron chi connectivity index (χ1n) is 9.69. The summed E-state index contributed by atoms with van der Waals surface area (Å²) in [6, 6.07) is 4.31. The van der Waals surface area contributed by atoms with Gasteiger partial charge >= 0.3 is 0 Å². The van der Waals surface area contributed by atoms with E-state index in [0.717, 1.165) is 43.1 Å². The van der Waals surface area contributed by atoms with Crippen LogP contribution < -0.4 is 0 Å². The van der Waals surface area contributed by atoms with Crippen LogP contribution in [0.5, 0.6) is 0 Å². The molecule has 1 heterocycles. The number of rotatable bonds is 0. The Bertz CT molecular complexity index is 896. The zero-order chi connectivity index (χ0) is 17.0. The van der Waals surface area contributed by atoms with Gasteiger partial charge in [0.1, 0.15) is 22.8 Å². The number of fused-ring (bicyclic) bond motifs is 5. The summed E-state index contributed by atoms with van der Waals surface area (Å²) in [6.07, 6.45) is 5.20. The average molecular weight is 341 g/mol. The van der Waals surface area contributed by atoms with E-state index in [9.17, 15) is 9.50 Å². The molecule has 6 rings (SSSR count). The summed E-state index contributed by atoms with van der Waals surface area (Å²) >= 11 is 0. The van der Waals surface area contributed by atoms with Gasteiger partial charge in [0.15, 0.2) is 0 Å². The van der Waals surface area contributed by atoms with Crippen molar-refractivity contribution in [2.24, 2.45) is 16.7 Å². The van der Waals surface area contributed by atoms with E-state index in [1.165, 1.54) is 11.1 Å². The Morgan fingerprint density at radius 1 is 1.20 bits per heavy atom. The van der Waals surface area contributed by atoms with Crippen molar-refractivity contribution in [3.63, 3.8) is 0 Å². The minimum atomic E-state index is -1.09. The van der Waals surface area contributed by atoms with Crippen LogP contribution in [0.25, 0.3) is 11.0 Å². The van der Waals surface area contributed by atoms with Crippen molar-refractivity contribution in [2.75, 3.05) is 0 Å². The zero-order valence-electron chi connectivity index (χ0n) is 14.6. The Labute approximate surface area is 146 Å². The van der Waals surface area contributed by atoms with Crippen LogP contribution >= 0.6 is 0 Å². The Kier molecular flexibility index (Phi) is 2.49. The number of hydrogen-bond donors (Lipinski definition) is 2. The van der Waals surface area contributed by atoms with E-state index in [-0.39, 0.29) is 10.8 Å². The topological polar surface area (TPSA) is 61.8 Å². The average Bonchev–Trinajstić information content (AvgIpc) is 3.22. The molecule has 0 spiro atoms. The van der Waals surface area contributed by atoms with Crippen LogP contribution in [0.15, 0.2) is 12.1 Å². The van der Waals surface area contributed by atoms with Crippen LogP contribution in [0.1, 0.15) is 62.5 Å². The van der Waals surface area contributed by atoms with Crippen molar-refractivity contribution in [3.05, 3.63) is 23.3 Å². The van der Waals surface area contributed by atoms with Gasteiger partial charge in [0.2, 0.25) is 0 Å². The molecule has 3 saturated carbocycles. The molecule has 2 N–H and O–H groups in total. The second-order valence-corrected chi connectivity index (χ2v) is 9.20. The van der Waals surface area contributed by atoms with E-state index in [0.29, 0.717) is 24.7 Å². The van der Waals surface area contributed by atoms with Crippen molar-refractivity contribution in [2.45, 2.75) is 69.6 Å². The van der Waals surface area contributed by atoms with E-state index in [1.54, 1.807) is 0 Å². The van der Waals surface area contributed by atoms with E-state index >= 15 is 0 Å². The summed E-state index contributed by atoms with van der Waals surface area (Å²) in [5.74, 6) is 0.962. The molecule has 2 aromatic rings. The smallest absolute Gasteiger partial charge is 0.130 e. The summed E-state index contributed by atoms with van der Waals surface area (Å²) in [5, 5.41) is 22.5. The summed E-state index contributed by atoms with van der Waals surface area (Å²) in [4.78, 5) is 0. The van der Waals surface area contributed by atoms with Crippen LogP contribution in [0.3, 0.4) is 0 Å². The van der Waals surface area contributed by atoms with Gasteiger partial charge in [-0.25, -0.2) is 4.39 Å². The number of nitrogens with one attached hydrogen (secondary N) is 1. The van der Waals surface area contributed by atoms with Crippen molar-refractivity contribution < 1.29 is 9.50 Å². The second-order valence-electron chi connectivity index (χ2n) is 9.20. The van der Waals surface area contributed by atoms with E-state index < -0.39 is 11.8 Å². The molecular weight excluding hydrogens is 317 g/mol. The standard InChI is InChI=1S/C20H24FN3O/c1-18-7-6-12-11-3-5-15-17(23-24-22-15)13(11)2-4-14(12)19(18)8-9-20(18,25)16(21)10-19/h3,5,12,14,16,25H,2,4,6-10H2,1H3,(H,22,23,24)/t12-,14-,16+,18+,19?,20+/m1/s1. The fourth-order valence-corrected chi connectivity index (χ4v) is 7.70. The summed E-state index contributed by atoms with van der Waals surface area (Å²) < 4.78 is 14.9. The first kappa shape index (κ1) is 14.7. The number of aryl methyl sites for hydroxylation is 1. The molecule has 3 fully saturated rings. The van der Waals surface area contributed by atoms with E-state index in [2.05, 4.69) is 34.5 Å². The predicted octanol–water partition coefficient (Wildman–Crippen LogP) is 3.66. The number of alkyl halides is 1. The SMILES string of the molecule is C[C@]12CC[C@@H]3c4ccc5n[nH]nc5c4CC[C@H]3C13CC[C@]2(O)[C@@H](F)C3. The number of aromatic nitrogens is 3. The monoisotopic (exact) mass is 341 g/mol. The third-order valence-electron chi connectivity index (χ3n) is 8.95. The summed E-state index contributed by atoms with van der Waals surface area (Å²) in [6.45, 7) is 2.19. The van der Waals surface area contributed by atoms with Crippen molar-refractivity contribution in [1.82, 2.24) is 15.4 Å². The lowest BCUT2D eigenvalue weighted by molar-refractivity contribution is -0.115. The highest BCUT2D eigenvalue weighted by molar-refractivity contribution is 5.79. The van der Waals surface area contributed by atoms with Gasteiger partial charge < -0.3 is 5.11 Å². The molecule has 132 valence electrons. The third kappa shape index (κ3) is 1.39. The van der Waals surface area contributed by atoms with Gasteiger partial charge in [-0.3, -0.25) is 0 Å². The molecule has 1 unspecified atom stereocenters. The number of halogens is 1. The van der Waals surface area contributed by atoms with Crippen LogP contribution in [0.2, 0.25) is 0 Å². The molecule has 1 aromatic heterocycles. The maximum atomic E-state index is 14.9. The van der Waals surface area contributed by atoms with Gasteiger partial charge in [0.05, 0.1) is 0 Å². The Hall–Kier alpha value is -1.49. The second kappa shape index (κ2) is 4.25. The molecule has 4 aliphatic rings. The largest absolute Gasteiger partial charge is 0.386 e. The minimum absolute atomic E-state index is 0.0272. The molecule has 0 saturated heterocycles. The fourth-order valence-electron chi connectivity index (χ4n) is 7.70. The van der Waals surface area contributed by atoms with Gasteiger partial charge in [0, 0.05) is 5.41 Å². The normalized spacial score (nSPS) is 47.6. The Balaban J connectivity index is 1.51. The molecule has 4 aliphatic carbocycles. The van der Waals surface area contributed by atoms with Crippen LogP contribution in [0.4, 0.5) is 4.39 Å². The number of nitrogens with zero attached hydrogens (tertiary/aromatic N) is 2. The maximum Gasteiger partial charge on any atom is 0.130 e. The van der Waals surface area contributed by atoms with Crippen LogP contribution in [0, 0.1) is 16.7 Å². The molecule has 2 bridgehead atoms. The van der Waals surface area contributed by atoms with Gasteiger partial charge in [-0.05, 0) is 79.4 Å². The molecule has 6 atom stereocenters. The van der Waals surface area contributed by atoms with E-state index in [4.69, 9.17) is 0 Å². The van der Waals surface area contributed by atoms with Gasteiger partial charge in [-0.15, -0.1) is 0 Å². The van der Waals surface area contributed by atoms with Crippen molar-refractivity contribution in [1.29, 1.82) is 0 Å². The molecule has 0 aliphatic heterocycles. The highest BCUT2D eigenvalue weighted by atomic mass is 19.1. The Morgan fingerprint density at radius 3 is 2.92 bits per heavy atom. The number of hydrogen-bond acceptors (Lipinski definition) is 3. The number of benzene rings is 1. The fraction of sp³-hybridized carbons (Fsp3) is 0.700. The Morgan fingerprint density at radius 2 is 2.08 bits per heavy atom. The summed E-state index contributed by atoms with van der Waals surface area (Å²) in [5.41, 5.74) is 3.34. The highest BCUT2D eigenvalue weighted by Crippen LogP contribution is 2.78. The quantitative estimate of drug-likeness (QED) is 0.769. The lowest BCUT2D eigenvalue weighted by atomic mass is 9.48. The molecule has 5 heteroatoms. The zero-order valence-corrected chi connectivity index (χ0v) is 14.6. The number of aliphatic hydroxyl groups is 1. The molecule has 0 radical (unpaired) electrons. The van der Waals surface area contributed by atoms with Crippen LogP contribution in [-0.2, 0) is 6.42 Å². The van der Waals surface area contributed by atoms with Gasteiger partial charge in [-0.1, -0.05) is 13.0 Å². The third-order valence-corrected chi connectivity index (χ3v) is 8.95.